The largest absolute Gasteiger partial charge is 0.493 e. The highest BCUT2D eigenvalue weighted by molar-refractivity contribution is 9.10. The zero-order valence-electron chi connectivity index (χ0n) is 9.94. The van der Waals surface area contributed by atoms with Crippen LogP contribution in [0, 0.1) is 0 Å². The number of methoxy groups -OCH3 is 1. The summed E-state index contributed by atoms with van der Waals surface area (Å²) in [6, 6.07) is 3.22. The predicted octanol–water partition coefficient (Wildman–Crippen LogP) is 2.42. The molecule has 94 valence electrons. The first kappa shape index (κ1) is 14.0. The molecule has 1 aromatic carbocycles. The molecule has 0 aliphatic carbocycles. The lowest BCUT2D eigenvalue weighted by Gasteiger charge is -2.20. The van der Waals surface area contributed by atoms with E-state index in [1.807, 2.05) is 0 Å². The van der Waals surface area contributed by atoms with Crippen LogP contribution in [0.4, 0.5) is 0 Å². The summed E-state index contributed by atoms with van der Waals surface area (Å²) in [6.45, 7) is 3.40. The minimum atomic E-state index is -0.600. The van der Waals surface area contributed by atoms with E-state index in [1.165, 1.54) is 7.11 Å². The number of ether oxygens (including phenoxy) is 2. The fourth-order valence-corrected chi connectivity index (χ4v) is 1.76. The molecule has 0 aliphatic heterocycles. The zero-order chi connectivity index (χ0) is 13.0. The molecule has 1 N–H and O–H groups in total. The molecule has 0 aliphatic rings. The third kappa shape index (κ3) is 3.44. The number of rotatable bonds is 5. The van der Waals surface area contributed by atoms with Gasteiger partial charge in [0, 0.05) is 5.56 Å². The van der Waals surface area contributed by atoms with Gasteiger partial charge in [0.1, 0.15) is 12.4 Å². The van der Waals surface area contributed by atoms with E-state index in [0.717, 1.165) is 6.29 Å². The minimum absolute atomic E-state index is 0.373. The molecule has 0 bridgehead atoms. The maximum atomic E-state index is 10.7. The molecule has 0 spiro atoms. The predicted molar refractivity (Wildman–Crippen MR) is 67.9 cm³/mol. The molecule has 1 aromatic rings. The Hall–Kier alpha value is -1.07. The Morgan fingerprint density at radius 1 is 1.41 bits per heavy atom. The van der Waals surface area contributed by atoms with Crippen LogP contribution in [0.25, 0.3) is 0 Å². The normalized spacial score (nSPS) is 13.9. The molecule has 2 unspecified atom stereocenters. The number of halogens is 1. The van der Waals surface area contributed by atoms with E-state index in [9.17, 15) is 9.90 Å². The highest BCUT2D eigenvalue weighted by Crippen LogP contribution is 2.37. The van der Waals surface area contributed by atoms with Gasteiger partial charge in [0.05, 0.1) is 17.7 Å². The van der Waals surface area contributed by atoms with Crippen LogP contribution in [0.2, 0.25) is 0 Å². The van der Waals surface area contributed by atoms with Crippen molar-refractivity contribution in [2.45, 2.75) is 26.1 Å². The van der Waals surface area contributed by atoms with Crippen LogP contribution in [0.1, 0.15) is 24.2 Å². The Morgan fingerprint density at radius 2 is 2.06 bits per heavy atom. The standard InChI is InChI=1S/C12H15BrO4/c1-7(15)8(2)17-12-10(13)4-9(6-14)5-11(12)16-3/h4-8,15H,1-3H3. The number of hydrogen-bond acceptors (Lipinski definition) is 4. The maximum absolute atomic E-state index is 10.7. The molecule has 4 nitrogen and oxygen atoms in total. The average Bonchev–Trinajstić information content (AvgIpc) is 2.30. The molecule has 0 fully saturated rings. The number of carbonyl (C=O) groups excluding carboxylic acids is 1. The number of aldehydes is 1. The Kier molecular flexibility index (Phi) is 4.96. The Balaban J connectivity index is 3.09. The first-order valence-electron chi connectivity index (χ1n) is 5.17. The van der Waals surface area contributed by atoms with Gasteiger partial charge in [-0.15, -0.1) is 0 Å². The number of aliphatic hydroxyl groups is 1. The lowest BCUT2D eigenvalue weighted by atomic mass is 10.2. The quantitative estimate of drug-likeness (QED) is 0.849. The van der Waals surface area contributed by atoms with Crippen LogP contribution in [-0.4, -0.2) is 30.7 Å². The lowest BCUT2D eigenvalue weighted by molar-refractivity contribution is 0.0581. The smallest absolute Gasteiger partial charge is 0.175 e. The maximum Gasteiger partial charge on any atom is 0.175 e. The van der Waals surface area contributed by atoms with Crippen molar-refractivity contribution in [1.29, 1.82) is 0 Å². The van der Waals surface area contributed by atoms with Gasteiger partial charge in [-0.1, -0.05) is 0 Å². The summed E-state index contributed by atoms with van der Waals surface area (Å²) in [5, 5.41) is 9.40. The van der Waals surface area contributed by atoms with Gasteiger partial charge in [-0.2, -0.15) is 0 Å². The van der Waals surface area contributed by atoms with Gasteiger partial charge < -0.3 is 14.6 Å². The monoisotopic (exact) mass is 302 g/mol. The average molecular weight is 303 g/mol. The van der Waals surface area contributed by atoms with E-state index >= 15 is 0 Å². The fourth-order valence-electron chi connectivity index (χ4n) is 1.21. The first-order valence-corrected chi connectivity index (χ1v) is 5.96. The molecule has 1 rings (SSSR count). The van der Waals surface area contributed by atoms with E-state index < -0.39 is 6.10 Å². The molecule has 0 saturated heterocycles. The topological polar surface area (TPSA) is 55.8 Å². The van der Waals surface area contributed by atoms with Gasteiger partial charge in [-0.05, 0) is 41.9 Å². The molecule has 2 atom stereocenters. The Labute approximate surface area is 109 Å². The summed E-state index contributed by atoms with van der Waals surface area (Å²) in [5.74, 6) is 0.931. The van der Waals surface area contributed by atoms with E-state index in [-0.39, 0.29) is 6.10 Å². The summed E-state index contributed by atoms with van der Waals surface area (Å²) in [4.78, 5) is 10.7. The third-order valence-electron chi connectivity index (χ3n) is 2.37. The van der Waals surface area contributed by atoms with E-state index in [4.69, 9.17) is 9.47 Å². The fraction of sp³-hybridized carbons (Fsp3) is 0.417. The summed E-state index contributed by atoms with van der Waals surface area (Å²) >= 11 is 3.31. The van der Waals surface area contributed by atoms with Gasteiger partial charge in [-0.3, -0.25) is 4.79 Å². The second-order valence-corrected chi connectivity index (χ2v) is 4.57. The van der Waals surface area contributed by atoms with Crippen molar-refractivity contribution in [1.82, 2.24) is 0 Å². The molecule has 0 saturated carbocycles. The molecule has 0 amide bonds. The molecule has 0 aromatic heterocycles. The van der Waals surface area contributed by atoms with E-state index in [0.29, 0.717) is 21.5 Å². The van der Waals surface area contributed by atoms with Gasteiger partial charge in [-0.25, -0.2) is 0 Å². The van der Waals surface area contributed by atoms with Crippen molar-refractivity contribution in [3.8, 4) is 11.5 Å². The highest BCUT2D eigenvalue weighted by Gasteiger charge is 2.17. The highest BCUT2D eigenvalue weighted by atomic mass is 79.9. The zero-order valence-corrected chi connectivity index (χ0v) is 11.5. The van der Waals surface area contributed by atoms with Crippen molar-refractivity contribution in [2.24, 2.45) is 0 Å². The molecular weight excluding hydrogens is 288 g/mol. The minimum Gasteiger partial charge on any atom is -0.493 e. The second-order valence-electron chi connectivity index (χ2n) is 3.72. The van der Waals surface area contributed by atoms with Crippen molar-refractivity contribution in [3.63, 3.8) is 0 Å². The molecular formula is C12H15BrO4. The number of hydrogen-bond donors (Lipinski definition) is 1. The van der Waals surface area contributed by atoms with Gasteiger partial charge in [0.25, 0.3) is 0 Å². The van der Waals surface area contributed by atoms with Crippen LogP contribution in [-0.2, 0) is 0 Å². The van der Waals surface area contributed by atoms with Crippen molar-refractivity contribution in [3.05, 3.63) is 22.2 Å². The van der Waals surface area contributed by atoms with Gasteiger partial charge >= 0.3 is 0 Å². The molecule has 0 radical (unpaired) electrons. The summed E-state index contributed by atoms with van der Waals surface area (Å²) in [7, 11) is 1.50. The van der Waals surface area contributed by atoms with Crippen molar-refractivity contribution >= 4 is 22.2 Å². The summed E-state index contributed by atoms with van der Waals surface area (Å²) in [6.07, 6.45) is -0.241. The van der Waals surface area contributed by atoms with E-state index in [1.54, 1.807) is 26.0 Å². The SMILES string of the molecule is COc1cc(C=O)cc(Br)c1OC(C)C(C)O. The molecule has 0 heterocycles. The van der Waals surface area contributed by atoms with E-state index in [2.05, 4.69) is 15.9 Å². The van der Waals surface area contributed by atoms with Gasteiger partial charge in [0.15, 0.2) is 11.5 Å². The number of carbonyl (C=O) groups is 1. The van der Waals surface area contributed by atoms with Crippen molar-refractivity contribution < 1.29 is 19.4 Å². The lowest BCUT2D eigenvalue weighted by Crippen LogP contribution is -2.25. The van der Waals surface area contributed by atoms with Gasteiger partial charge in [0.2, 0.25) is 0 Å². The second kappa shape index (κ2) is 6.02. The third-order valence-corrected chi connectivity index (χ3v) is 2.96. The van der Waals surface area contributed by atoms with Crippen molar-refractivity contribution in [2.75, 3.05) is 7.11 Å². The van der Waals surface area contributed by atoms with Crippen LogP contribution in [0.15, 0.2) is 16.6 Å². The summed E-state index contributed by atoms with van der Waals surface area (Å²) in [5.41, 5.74) is 0.491. The number of aliphatic hydroxyl groups excluding tert-OH is 1. The van der Waals surface area contributed by atoms with Crippen LogP contribution in [0.3, 0.4) is 0 Å². The molecule has 5 heteroatoms. The Morgan fingerprint density at radius 3 is 2.53 bits per heavy atom. The van der Waals surface area contributed by atoms with Crippen LogP contribution in [0.5, 0.6) is 11.5 Å². The van der Waals surface area contributed by atoms with Crippen LogP contribution < -0.4 is 9.47 Å². The first-order chi connectivity index (χ1) is 7.99. The Bertz CT molecular complexity index is 404. The summed E-state index contributed by atoms with van der Waals surface area (Å²) < 4.78 is 11.4. The van der Waals surface area contributed by atoms with Crippen LogP contribution >= 0.6 is 15.9 Å². The molecule has 17 heavy (non-hydrogen) atoms. The number of benzene rings is 1.